The van der Waals surface area contributed by atoms with Gasteiger partial charge in [-0.05, 0) is 30.3 Å². The van der Waals surface area contributed by atoms with Gasteiger partial charge in [-0.1, -0.05) is 24.0 Å². The lowest BCUT2D eigenvalue weighted by atomic mass is 10.1. The van der Waals surface area contributed by atoms with E-state index in [2.05, 4.69) is 21.8 Å². The first kappa shape index (κ1) is 23.5. The molecule has 2 aromatic carbocycles. The standard InChI is InChI=1S/C24H20F2N4O3/c1-30(14-31)8-7-20(32)6-5-15-3-2-4-16(9-15)24-28-21(13-22(29-24)23(27)33)17-10-18(25)12-19(26)11-17/h2-4,9-14,20,32H,7-8H2,1H3,(H2,27,33)/t20-/m0/s1. The van der Waals surface area contributed by atoms with E-state index in [0.717, 1.165) is 18.2 Å². The normalized spacial score (nSPS) is 11.3. The Balaban J connectivity index is 1.95. The molecule has 9 heteroatoms. The fourth-order valence-electron chi connectivity index (χ4n) is 2.91. The number of hydrogen-bond donors (Lipinski definition) is 2. The van der Waals surface area contributed by atoms with Crippen molar-refractivity contribution in [3.05, 3.63) is 71.4 Å². The van der Waals surface area contributed by atoms with Crippen LogP contribution in [-0.2, 0) is 4.79 Å². The summed E-state index contributed by atoms with van der Waals surface area (Å²) < 4.78 is 27.4. The molecule has 1 atom stereocenters. The van der Waals surface area contributed by atoms with Crippen LogP contribution in [0.3, 0.4) is 0 Å². The summed E-state index contributed by atoms with van der Waals surface area (Å²) in [5.41, 5.74) is 6.54. The number of aromatic nitrogens is 2. The number of aliphatic hydroxyl groups excluding tert-OH is 1. The topological polar surface area (TPSA) is 109 Å². The second kappa shape index (κ2) is 10.4. The summed E-state index contributed by atoms with van der Waals surface area (Å²) in [6.45, 7) is 0.358. The zero-order chi connectivity index (χ0) is 24.0. The number of amides is 2. The summed E-state index contributed by atoms with van der Waals surface area (Å²) in [4.78, 5) is 32.3. The highest BCUT2D eigenvalue weighted by molar-refractivity contribution is 5.92. The summed E-state index contributed by atoms with van der Waals surface area (Å²) in [6.07, 6.45) is 0.0233. The Morgan fingerprint density at radius 1 is 1.15 bits per heavy atom. The van der Waals surface area contributed by atoms with Gasteiger partial charge < -0.3 is 15.7 Å². The maximum absolute atomic E-state index is 13.7. The molecule has 0 saturated heterocycles. The van der Waals surface area contributed by atoms with Crippen LogP contribution in [0.25, 0.3) is 22.6 Å². The summed E-state index contributed by atoms with van der Waals surface area (Å²) >= 11 is 0. The Morgan fingerprint density at radius 3 is 2.55 bits per heavy atom. The Hall–Kier alpha value is -4.16. The van der Waals surface area contributed by atoms with Crippen LogP contribution < -0.4 is 5.73 Å². The molecule has 0 aliphatic rings. The van der Waals surface area contributed by atoms with Crippen molar-refractivity contribution in [2.24, 2.45) is 5.73 Å². The van der Waals surface area contributed by atoms with Gasteiger partial charge in [0.15, 0.2) is 5.82 Å². The fourth-order valence-corrected chi connectivity index (χ4v) is 2.91. The first-order valence-electron chi connectivity index (χ1n) is 9.86. The van der Waals surface area contributed by atoms with Gasteiger partial charge >= 0.3 is 0 Å². The van der Waals surface area contributed by atoms with Crippen molar-refractivity contribution >= 4 is 12.3 Å². The maximum atomic E-state index is 13.7. The second-order valence-electron chi connectivity index (χ2n) is 7.23. The highest BCUT2D eigenvalue weighted by atomic mass is 19.1. The molecule has 0 saturated carbocycles. The van der Waals surface area contributed by atoms with E-state index in [1.54, 1.807) is 31.3 Å². The van der Waals surface area contributed by atoms with E-state index >= 15 is 0 Å². The van der Waals surface area contributed by atoms with E-state index in [9.17, 15) is 23.5 Å². The van der Waals surface area contributed by atoms with Crippen LogP contribution in [0.1, 0.15) is 22.5 Å². The largest absolute Gasteiger partial charge is 0.380 e. The van der Waals surface area contributed by atoms with Gasteiger partial charge in [-0.25, -0.2) is 18.7 Å². The first-order chi connectivity index (χ1) is 15.7. The highest BCUT2D eigenvalue weighted by Gasteiger charge is 2.14. The summed E-state index contributed by atoms with van der Waals surface area (Å²) in [5.74, 6) is 3.25. The number of rotatable bonds is 7. The molecular formula is C24H20F2N4O3. The zero-order valence-electron chi connectivity index (χ0n) is 17.6. The number of halogens is 2. The van der Waals surface area contributed by atoms with Crippen LogP contribution in [0.15, 0.2) is 48.5 Å². The van der Waals surface area contributed by atoms with E-state index < -0.39 is 23.6 Å². The lowest BCUT2D eigenvalue weighted by Gasteiger charge is -2.10. The number of carbonyl (C=O) groups excluding carboxylic acids is 2. The number of nitrogens with zero attached hydrogens (tertiary/aromatic N) is 3. The number of nitrogens with two attached hydrogens (primary N) is 1. The Kier molecular flexibility index (Phi) is 7.43. The van der Waals surface area contributed by atoms with Crippen molar-refractivity contribution < 1.29 is 23.5 Å². The molecule has 0 spiro atoms. The Bertz CT molecular complexity index is 1230. The third kappa shape index (κ3) is 6.41. The molecule has 0 radical (unpaired) electrons. The fraction of sp³-hybridized carbons (Fsp3) is 0.167. The van der Waals surface area contributed by atoms with Crippen molar-refractivity contribution in [2.75, 3.05) is 13.6 Å². The zero-order valence-corrected chi connectivity index (χ0v) is 17.6. The SMILES string of the molecule is CN(C=O)CC[C@@H](O)C#Cc1cccc(-c2nc(C(N)=O)cc(-c3cc(F)cc(F)c3)n2)c1. The van der Waals surface area contributed by atoms with Gasteiger partial charge in [0.05, 0.1) is 5.69 Å². The molecule has 3 rings (SSSR count). The van der Waals surface area contributed by atoms with Crippen LogP contribution in [-0.4, -0.2) is 52.0 Å². The maximum Gasteiger partial charge on any atom is 0.267 e. The molecule has 1 heterocycles. The number of hydrogen-bond acceptors (Lipinski definition) is 5. The van der Waals surface area contributed by atoms with Crippen molar-refractivity contribution in [2.45, 2.75) is 12.5 Å². The molecule has 7 nitrogen and oxygen atoms in total. The molecular weight excluding hydrogens is 430 g/mol. The third-order valence-electron chi connectivity index (χ3n) is 4.58. The molecule has 3 aromatic rings. The molecule has 2 amide bonds. The van der Waals surface area contributed by atoms with Crippen LogP contribution >= 0.6 is 0 Å². The van der Waals surface area contributed by atoms with E-state index in [-0.39, 0.29) is 22.8 Å². The van der Waals surface area contributed by atoms with Gasteiger partial charge in [0.2, 0.25) is 6.41 Å². The number of carbonyl (C=O) groups is 2. The molecule has 0 aliphatic carbocycles. The molecule has 0 fully saturated rings. The average Bonchev–Trinajstić information content (AvgIpc) is 2.80. The molecule has 168 valence electrons. The summed E-state index contributed by atoms with van der Waals surface area (Å²) in [6, 6.07) is 10.9. The van der Waals surface area contributed by atoms with Gasteiger partial charge in [0.25, 0.3) is 5.91 Å². The molecule has 33 heavy (non-hydrogen) atoms. The third-order valence-corrected chi connectivity index (χ3v) is 4.58. The average molecular weight is 450 g/mol. The van der Waals surface area contributed by atoms with Gasteiger partial charge in [-0.15, -0.1) is 0 Å². The summed E-state index contributed by atoms with van der Waals surface area (Å²) in [5, 5.41) is 9.99. The van der Waals surface area contributed by atoms with Crippen LogP contribution in [0.5, 0.6) is 0 Å². The van der Waals surface area contributed by atoms with E-state index in [4.69, 9.17) is 5.73 Å². The van der Waals surface area contributed by atoms with Gasteiger partial charge in [-0.3, -0.25) is 9.59 Å². The van der Waals surface area contributed by atoms with Crippen LogP contribution in [0.2, 0.25) is 0 Å². The molecule has 0 aliphatic heterocycles. The minimum Gasteiger partial charge on any atom is -0.380 e. The van der Waals surface area contributed by atoms with E-state index in [1.165, 1.54) is 11.0 Å². The molecule has 0 unspecified atom stereocenters. The lowest BCUT2D eigenvalue weighted by Crippen LogP contribution is -2.21. The Morgan fingerprint density at radius 2 is 1.88 bits per heavy atom. The molecule has 1 aromatic heterocycles. The van der Waals surface area contributed by atoms with Crippen molar-refractivity contribution in [3.63, 3.8) is 0 Å². The highest BCUT2D eigenvalue weighted by Crippen LogP contribution is 2.24. The predicted molar refractivity (Wildman–Crippen MR) is 118 cm³/mol. The van der Waals surface area contributed by atoms with Gasteiger partial charge in [0, 0.05) is 42.8 Å². The monoisotopic (exact) mass is 450 g/mol. The molecule has 0 bridgehead atoms. The predicted octanol–water partition coefficient (Wildman–Crippen LogP) is 2.38. The van der Waals surface area contributed by atoms with Crippen molar-refractivity contribution in [1.29, 1.82) is 0 Å². The smallest absolute Gasteiger partial charge is 0.267 e. The van der Waals surface area contributed by atoms with Gasteiger partial charge in [0.1, 0.15) is 23.4 Å². The van der Waals surface area contributed by atoms with Gasteiger partial charge in [-0.2, -0.15) is 0 Å². The number of primary amides is 1. The van der Waals surface area contributed by atoms with Crippen molar-refractivity contribution in [1.82, 2.24) is 14.9 Å². The first-order valence-corrected chi connectivity index (χ1v) is 9.86. The second-order valence-corrected chi connectivity index (χ2v) is 7.23. The van der Waals surface area contributed by atoms with Crippen molar-refractivity contribution in [3.8, 4) is 34.5 Å². The Labute approximate surface area is 188 Å². The minimum atomic E-state index is -0.931. The lowest BCUT2D eigenvalue weighted by molar-refractivity contribution is -0.117. The van der Waals surface area contributed by atoms with Crippen LogP contribution in [0.4, 0.5) is 8.78 Å². The number of benzene rings is 2. The van der Waals surface area contributed by atoms with E-state index in [0.29, 0.717) is 30.5 Å². The minimum absolute atomic E-state index is 0.114. The summed E-state index contributed by atoms with van der Waals surface area (Å²) in [7, 11) is 1.60. The van der Waals surface area contributed by atoms with E-state index in [1.807, 2.05) is 0 Å². The number of aliphatic hydroxyl groups is 1. The van der Waals surface area contributed by atoms with Crippen LogP contribution in [0, 0.1) is 23.5 Å². The quantitative estimate of drug-likeness (QED) is 0.424. The molecule has 3 N–H and O–H groups in total.